The molecule has 0 aliphatic carbocycles. The summed E-state index contributed by atoms with van der Waals surface area (Å²) < 4.78 is 2.79. The van der Waals surface area contributed by atoms with Crippen LogP contribution in [0.5, 0.6) is 0 Å². The Morgan fingerprint density at radius 1 is 1.26 bits per heavy atom. The maximum atomic E-state index is 9.47. The minimum Gasteiger partial charge on any atom is -0.328 e. The number of imidazole rings is 1. The predicted octanol–water partition coefficient (Wildman–Crippen LogP) is 1.77. The second-order valence-electron chi connectivity index (χ2n) is 5.23. The lowest BCUT2D eigenvalue weighted by molar-refractivity contribution is 0.0920. The molecule has 104 valence electrons. The average Bonchev–Trinajstić information content (AvgIpc) is 2.73. The molecule has 2 heterocycles. The van der Waals surface area contributed by atoms with Crippen LogP contribution in [0, 0.1) is 11.3 Å². The van der Waals surface area contributed by atoms with Gasteiger partial charge in [0.15, 0.2) is 0 Å². The molecule has 6 heteroatoms. The Kier molecular flexibility index (Phi) is 4.61. The maximum Gasteiger partial charge on any atom is 0.143 e. The lowest BCUT2D eigenvalue weighted by atomic mass is 10.1. The van der Waals surface area contributed by atoms with Crippen LogP contribution >= 0.6 is 15.9 Å². The molecule has 5 nitrogen and oxygen atoms in total. The van der Waals surface area contributed by atoms with Gasteiger partial charge in [0.05, 0.1) is 12.4 Å². The fraction of sp³-hybridized carbons (Fsp3) is 0.692. The standard InChI is InChI=1S/C13H20BrN5/c1-10(2)18-4-6-19(7-5-18)11(8-15)12-13(14)17(3)9-16-12/h9-11H,4-7H2,1-3H3. The summed E-state index contributed by atoms with van der Waals surface area (Å²) in [5.41, 5.74) is 0.822. The lowest BCUT2D eigenvalue weighted by Crippen LogP contribution is -2.49. The molecular formula is C13H20BrN5. The molecule has 1 atom stereocenters. The van der Waals surface area contributed by atoms with E-state index >= 15 is 0 Å². The summed E-state index contributed by atoms with van der Waals surface area (Å²) in [5.74, 6) is 0. The van der Waals surface area contributed by atoms with Crippen LogP contribution in [0.15, 0.2) is 10.9 Å². The fourth-order valence-electron chi connectivity index (χ4n) is 2.44. The second kappa shape index (κ2) is 6.04. The van der Waals surface area contributed by atoms with Gasteiger partial charge in [-0.25, -0.2) is 4.98 Å². The van der Waals surface area contributed by atoms with Crippen molar-refractivity contribution in [3.63, 3.8) is 0 Å². The first kappa shape index (κ1) is 14.5. The Morgan fingerprint density at radius 2 is 1.84 bits per heavy atom. The molecule has 1 aliphatic rings. The molecule has 0 aromatic carbocycles. The highest BCUT2D eigenvalue weighted by Crippen LogP contribution is 2.26. The van der Waals surface area contributed by atoms with Crippen LogP contribution in [0.25, 0.3) is 0 Å². The number of hydrogen-bond donors (Lipinski definition) is 0. The summed E-state index contributed by atoms with van der Waals surface area (Å²) in [4.78, 5) is 9.01. The molecule has 19 heavy (non-hydrogen) atoms. The zero-order chi connectivity index (χ0) is 14.0. The van der Waals surface area contributed by atoms with Crippen molar-refractivity contribution in [1.29, 1.82) is 5.26 Å². The third kappa shape index (κ3) is 2.99. The summed E-state index contributed by atoms with van der Waals surface area (Å²) in [6, 6.07) is 2.70. The van der Waals surface area contributed by atoms with E-state index in [1.807, 2.05) is 11.6 Å². The first-order valence-corrected chi connectivity index (χ1v) is 7.38. The van der Waals surface area contributed by atoms with Gasteiger partial charge in [-0.15, -0.1) is 0 Å². The largest absolute Gasteiger partial charge is 0.328 e. The van der Waals surface area contributed by atoms with Gasteiger partial charge < -0.3 is 4.57 Å². The van der Waals surface area contributed by atoms with E-state index in [4.69, 9.17) is 0 Å². The molecule has 0 amide bonds. The number of halogens is 1. The van der Waals surface area contributed by atoms with E-state index in [-0.39, 0.29) is 6.04 Å². The lowest BCUT2D eigenvalue weighted by Gasteiger charge is -2.38. The summed E-state index contributed by atoms with van der Waals surface area (Å²) in [6.07, 6.45) is 1.74. The monoisotopic (exact) mass is 325 g/mol. The van der Waals surface area contributed by atoms with E-state index in [2.05, 4.69) is 50.6 Å². The molecule has 1 aromatic heterocycles. The molecule has 0 saturated carbocycles. The Labute approximate surface area is 122 Å². The van der Waals surface area contributed by atoms with E-state index in [0.29, 0.717) is 6.04 Å². The first-order valence-electron chi connectivity index (χ1n) is 6.59. The molecular weight excluding hydrogens is 306 g/mol. The molecule has 2 rings (SSSR count). The molecule has 1 aromatic rings. The maximum absolute atomic E-state index is 9.47. The third-order valence-corrected chi connectivity index (χ3v) is 4.68. The topological polar surface area (TPSA) is 48.1 Å². The second-order valence-corrected chi connectivity index (χ2v) is 5.98. The molecule has 1 unspecified atom stereocenters. The molecule has 1 fully saturated rings. The number of aromatic nitrogens is 2. The fourth-order valence-corrected chi connectivity index (χ4v) is 2.86. The van der Waals surface area contributed by atoms with Crippen molar-refractivity contribution in [2.75, 3.05) is 26.2 Å². The normalized spacial score (nSPS) is 19.6. The number of nitrogens with zero attached hydrogens (tertiary/aromatic N) is 5. The van der Waals surface area contributed by atoms with Gasteiger partial charge >= 0.3 is 0 Å². The SMILES string of the molecule is CC(C)N1CCN(C(C#N)c2ncn(C)c2Br)CC1. The third-order valence-electron chi connectivity index (χ3n) is 3.72. The quantitative estimate of drug-likeness (QED) is 0.849. The Hall–Kier alpha value is -0.900. The van der Waals surface area contributed by atoms with Crippen LogP contribution < -0.4 is 0 Å². The van der Waals surface area contributed by atoms with Crippen LogP contribution in [0.3, 0.4) is 0 Å². The molecule has 0 radical (unpaired) electrons. The zero-order valence-electron chi connectivity index (χ0n) is 11.7. The van der Waals surface area contributed by atoms with E-state index in [1.54, 1.807) is 6.33 Å². The van der Waals surface area contributed by atoms with Crippen molar-refractivity contribution in [3.05, 3.63) is 16.6 Å². The van der Waals surface area contributed by atoms with Crippen molar-refractivity contribution in [1.82, 2.24) is 19.4 Å². The van der Waals surface area contributed by atoms with Crippen molar-refractivity contribution < 1.29 is 0 Å². The van der Waals surface area contributed by atoms with Gasteiger partial charge in [0.2, 0.25) is 0 Å². The van der Waals surface area contributed by atoms with Crippen LogP contribution in [0.1, 0.15) is 25.6 Å². The van der Waals surface area contributed by atoms with E-state index in [9.17, 15) is 5.26 Å². The minimum absolute atomic E-state index is 0.259. The van der Waals surface area contributed by atoms with E-state index < -0.39 is 0 Å². The zero-order valence-corrected chi connectivity index (χ0v) is 13.3. The van der Waals surface area contributed by atoms with Crippen molar-refractivity contribution >= 4 is 15.9 Å². The van der Waals surface area contributed by atoms with Gasteiger partial charge in [-0.05, 0) is 29.8 Å². The number of rotatable bonds is 3. The van der Waals surface area contributed by atoms with Crippen LogP contribution in [0.4, 0.5) is 0 Å². The van der Waals surface area contributed by atoms with Crippen molar-refractivity contribution in [3.8, 4) is 6.07 Å². The Bertz CT molecular complexity index is 468. The molecule has 0 N–H and O–H groups in total. The summed E-state index contributed by atoms with van der Waals surface area (Å²) >= 11 is 3.51. The highest BCUT2D eigenvalue weighted by atomic mass is 79.9. The van der Waals surface area contributed by atoms with Crippen molar-refractivity contribution in [2.24, 2.45) is 7.05 Å². The van der Waals surface area contributed by atoms with Gasteiger partial charge in [-0.3, -0.25) is 9.80 Å². The summed E-state index contributed by atoms with van der Waals surface area (Å²) in [6.45, 7) is 8.29. The number of piperazine rings is 1. The van der Waals surface area contributed by atoms with Crippen LogP contribution in [0.2, 0.25) is 0 Å². The molecule has 0 bridgehead atoms. The molecule has 1 saturated heterocycles. The summed E-state index contributed by atoms with van der Waals surface area (Å²) in [7, 11) is 1.92. The summed E-state index contributed by atoms with van der Waals surface area (Å²) in [5, 5.41) is 9.47. The van der Waals surface area contributed by atoms with Gasteiger partial charge in [0.1, 0.15) is 16.3 Å². The number of aryl methyl sites for hydroxylation is 1. The average molecular weight is 326 g/mol. The Balaban J connectivity index is 2.09. The van der Waals surface area contributed by atoms with Gasteiger partial charge in [-0.1, -0.05) is 0 Å². The van der Waals surface area contributed by atoms with Crippen LogP contribution in [-0.4, -0.2) is 51.6 Å². The predicted molar refractivity (Wildman–Crippen MR) is 77.5 cm³/mol. The minimum atomic E-state index is -0.259. The highest BCUT2D eigenvalue weighted by Gasteiger charge is 2.28. The number of hydrogen-bond acceptors (Lipinski definition) is 4. The highest BCUT2D eigenvalue weighted by molar-refractivity contribution is 9.10. The van der Waals surface area contributed by atoms with Crippen molar-refractivity contribution in [2.45, 2.75) is 25.9 Å². The van der Waals surface area contributed by atoms with Gasteiger partial charge in [0.25, 0.3) is 0 Å². The molecule has 1 aliphatic heterocycles. The smallest absolute Gasteiger partial charge is 0.143 e. The number of nitriles is 1. The Morgan fingerprint density at radius 3 is 2.26 bits per heavy atom. The first-order chi connectivity index (χ1) is 9.04. The van der Waals surface area contributed by atoms with Gasteiger partial charge in [-0.2, -0.15) is 5.26 Å². The molecule has 0 spiro atoms. The van der Waals surface area contributed by atoms with E-state index in [1.165, 1.54) is 0 Å². The van der Waals surface area contributed by atoms with Gasteiger partial charge in [0, 0.05) is 39.3 Å². The van der Waals surface area contributed by atoms with E-state index in [0.717, 1.165) is 36.5 Å². The van der Waals surface area contributed by atoms with Crippen LogP contribution in [-0.2, 0) is 7.05 Å².